The highest BCUT2D eigenvalue weighted by atomic mass is 32.3. The van der Waals surface area contributed by atoms with Gasteiger partial charge in [-0.25, -0.2) is 12.1 Å². The first-order valence-corrected chi connectivity index (χ1v) is 7.33. The van der Waals surface area contributed by atoms with Crippen molar-refractivity contribution in [3.05, 3.63) is 0 Å². The summed E-state index contributed by atoms with van der Waals surface area (Å²) in [5.41, 5.74) is 0.509. The minimum absolute atomic E-state index is 0.228. The molecule has 0 fully saturated rings. The number of hydrogen-bond acceptors (Lipinski definition) is 2. The molecule has 3 heteroatoms. The molecule has 0 bridgehead atoms. The van der Waals surface area contributed by atoms with Gasteiger partial charge in [0.1, 0.15) is 8.67 Å². The van der Waals surface area contributed by atoms with Crippen LogP contribution in [0.2, 0.25) is 0 Å². The van der Waals surface area contributed by atoms with Crippen LogP contribution >= 0.6 is 12.1 Å². The van der Waals surface area contributed by atoms with E-state index in [2.05, 4.69) is 19.0 Å². The Morgan fingerprint density at radius 2 is 2.20 bits per heavy atom. The highest BCUT2D eigenvalue weighted by Crippen LogP contribution is 2.05. The Labute approximate surface area is 71.4 Å². The molecule has 0 amide bonds. The van der Waals surface area contributed by atoms with Crippen molar-refractivity contribution in [3.63, 3.8) is 0 Å². The van der Waals surface area contributed by atoms with Crippen LogP contribution in [0.15, 0.2) is 0 Å². The van der Waals surface area contributed by atoms with Gasteiger partial charge in [-0.3, -0.25) is 0 Å². The molecule has 0 spiro atoms. The minimum atomic E-state index is -0.228. The quantitative estimate of drug-likeness (QED) is 0.369. The summed E-state index contributed by atoms with van der Waals surface area (Å²) in [5.74, 6) is 0. The van der Waals surface area contributed by atoms with Crippen molar-refractivity contribution >= 4 is 20.7 Å². The maximum atomic E-state index is 5.23. The summed E-state index contributed by atoms with van der Waals surface area (Å²) in [6.45, 7) is 2.22. The van der Waals surface area contributed by atoms with Crippen molar-refractivity contribution in [2.75, 3.05) is 7.11 Å². The maximum Gasteiger partial charge on any atom is 0.114 e. The highest BCUT2D eigenvalue weighted by Gasteiger charge is 2.02. The van der Waals surface area contributed by atoms with Crippen LogP contribution in [0.1, 0.15) is 32.6 Å². The molecular weight excluding hydrogens is 160 g/mol. The van der Waals surface area contributed by atoms with Gasteiger partial charge in [-0.1, -0.05) is 26.2 Å². The highest BCUT2D eigenvalue weighted by molar-refractivity contribution is 8.07. The fourth-order valence-electron chi connectivity index (χ4n) is 0.906. The van der Waals surface area contributed by atoms with Crippen molar-refractivity contribution in [2.24, 2.45) is 0 Å². The first-order valence-electron chi connectivity index (χ1n) is 3.98. The van der Waals surface area contributed by atoms with Crippen molar-refractivity contribution in [3.8, 4) is 0 Å². The molecule has 0 aliphatic rings. The molecule has 0 saturated heterocycles. The van der Waals surface area contributed by atoms with Gasteiger partial charge in [0.2, 0.25) is 0 Å². The van der Waals surface area contributed by atoms with Gasteiger partial charge in [0.05, 0.1) is 5.73 Å². The molecule has 0 heterocycles. The Balaban J connectivity index is 3.09. The zero-order valence-electron chi connectivity index (χ0n) is 6.97. The number of thiol groups is 1. The van der Waals surface area contributed by atoms with Crippen LogP contribution in [0, 0.1) is 0 Å². The topological polar surface area (TPSA) is 9.23 Å². The summed E-state index contributed by atoms with van der Waals surface area (Å²) in [7, 11) is 1.56. The number of hydrogen-bond donors (Lipinski definition) is 1. The molecule has 0 aromatic carbocycles. The second kappa shape index (κ2) is 7.63. The van der Waals surface area contributed by atoms with E-state index in [-0.39, 0.29) is 8.67 Å². The van der Waals surface area contributed by atoms with E-state index in [9.17, 15) is 0 Å². The Kier molecular flexibility index (Phi) is 8.03. The van der Waals surface area contributed by atoms with Gasteiger partial charge in [-0.2, -0.15) is 0 Å². The number of unbranched alkanes of at least 4 members (excludes halogenated alkanes) is 2. The smallest absolute Gasteiger partial charge is 0.114 e. The molecule has 0 aliphatic heterocycles. The molecule has 0 saturated carbocycles. The SMILES string of the molecule is CCCCCC(OC)[SiH2]S. The van der Waals surface area contributed by atoms with Crippen molar-refractivity contribution in [1.82, 2.24) is 0 Å². The molecule has 10 heavy (non-hydrogen) atoms. The van der Waals surface area contributed by atoms with E-state index in [1.807, 2.05) is 0 Å². The molecule has 0 rings (SSSR count). The molecule has 0 N–H and O–H groups in total. The van der Waals surface area contributed by atoms with E-state index in [1.165, 1.54) is 25.7 Å². The molecular formula is C7H18OSSi. The van der Waals surface area contributed by atoms with Gasteiger partial charge >= 0.3 is 0 Å². The second-order valence-corrected chi connectivity index (χ2v) is 4.91. The van der Waals surface area contributed by atoms with E-state index in [4.69, 9.17) is 4.74 Å². The van der Waals surface area contributed by atoms with Crippen LogP contribution < -0.4 is 0 Å². The van der Waals surface area contributed by atoms with Crippen LogP contribution in [0.3, 0.4) is 0 Å². The van der Waals surface area contributed by atoms with Crippen molar-refractivity contribution < 1.29 is 4.74 Å². The summed E-state index contributed by atoms with van der Waals surface area (Å²) in [4.78, 5) is 0. The number of ether oxygens (including phenoxy) is 1. The standard InChI is InChI=1S/C7H18OSSi/c1-3-4-5-6-7(8-2)10-9/h7,9H,3-6,10H2,1-2H3. The largest absolute Gasteiger partial charge is 0.384 e. The summed E-state index contributed by atoms with van der Waals surface area (Å²) in [5, 5.41) is 0. The molecule has 1 nitrogen and oxygen atoms in total. The monoisotopic (exact) mass is 178 g/mol. The van der Waals surface area contributed by atoms with Crippen LogP contribution in [-0.2, 0) is 4.74 Å². The average molecular weight is 178 g/mol. The normalized spacial score (nSPS) is 14.7. The van der Waals surface area contributed by atoms with Gasteiger partial charge in [0, 0.05) is 7.11 Å². The molecule has 62 valence electrons. The molecule has 0 radical (unpaired) electrons. The molecule has 0 aromatic heterocycles. The summed E-state index contributed by atoms with van der Waals surface area (Å²) in [6, 6.07) is 0. The number of rotatable bonds is 6. The zero-order chi connectivity index (χ0) is 7.82. The van der Waals surface area contributed by atoms with Gasteiger partial charge in [0.25, 0.3) is 0 Å². The van der Waals surface area contributed by atoms with Gasteiger partial charge in [0.15, 0.2) is 0 Å². The van der Waals surface area contributed by atoms with Crippen LogP contribution in [0.25, 0.3) is 0 Å². The first kappa shape index (κ1) is 10.5. The Morgan fingerprint density at radius 3 is 2.60 bits per heavy atom. The van der Waals surface area contributed by atoms with Crippen LogP contribution in [0.4, 0.5) is 0 Å². The van der Waals surface area contributed by atoms with E-state index in [0.29, 0.717) is 5.73 Å². The Morgan fingerprint density at radius 1 is 1.50 bits per heavy atom. The lowest BCUT2D eigenvalue weighted by Crippen LogP contribution is -2.14. The lowest BCUT2D eigenvalue weighted by Gasteiger charge is -2.10. The predicted octanol–water partition coefficient (Wildman–Crippen LogP) is 1.55. The average Bonchev–Trinajstić information content (AvgIpc) is 1.99. The molecule has 1 atom stereocenters. The lowest BCUT2D eigenvalue weighted by molar-refractivity contribution is 0.156. The Bertz CT molecular complexity index is 66.6. The van der Waals surface area contributed by atoms with Crippen molar-refractivity contribution in [2.45, 2.75) is 38.3 Å². The number of methoxy groups -OCH3 is 1. The molecule has 1 unspecified atom stereocenters. The molecule has 0 aromatic rings. The third-order valence-electron chi connectivity index (χ3n) is 1.67. The summed E-state index contributed by atoms with van der Waals surface area (Å²) < 4.78 is 5.23. The first-order chi connectivity index (χ1) is 4.85. The summed E-state index contributed by atoms with van der Waals surface area (Å²) in [6.07, 6.45) is 5.16. The fraction of sp³-hybridized carbons (Fsp3) is 1.00. The van der Waals surface area contributed by atoms with Gasteiger partial charge in [-0.05, 0) is 6.42 Å². The van der Waals surface area contributed by atoms with Crippen LogP contribution in [-0.4, -0.2) is 21.5 Å². The summed E-state index contributed by atoms with van der Waals surface area (Å²) >= 11 is 4.31. The van der Waals surface area contributed by atoms with E-state index in [1.54, 1.807) is 7.11 Å². The molecule has 0 aliphatic carbocycles. The van der Waals surface area contributed by atoms with Gasteiger partial charge < -0.3 is 4.74 Å². The minimum Gasteiger partial charge on any atom is -0.384 e. The third kappa shape index (κ3) is 5.32. The van der Waals surface area contributed by atoms with E-state index >= 15 is 0 Å². The third-order valence-corrected chi connectivity index (χ3v) is 4.04. The predicted molar refractivity (Wildman–Crippen MR) is 52.5 cm³/mol. The van der Waals surface area contributed by atoms with Crippen molar-refractivity contribution in [1.29, 1.82) is 0 Å². The maximum absolute atomic E-state index is 5.23. The fourth-order valence-corrected chi connectivity index (χ4v) is 2.52. The second-order valence-electron chi connectivity index (χ2n) is 2.54. The van der Waals surface area contributed by atoms with Gasteiger partial charge in [-0.15, -0.1) is 0 Å². The lowest BCUT2D eigenvalue weighted by atomic mass is 10.2. The zero-order valence-corrected chi connectivity index (χ0v) is 9.28. The van der Waals surface area contributed by atoms with E-state index < -0.39 is 0 Å². The Hall–Kier alpha value is 0.527. The van der Waals surface area contributed by atoms with Crippen LogP contribution in [0.5, 0.6) is 0 Å². The van der Waals surface area contributed by atoms with E-state index in [0.717, 1.165) is 0 Å².